The van der Waals surface area contributed by atoms with Crippen LogP contribution in [0.1, 0.15) is 42.6 Å². The Balaban J connectivity index is 1.59. The number of carbonyl (C=O) groups excluding carboxylic acids is 2. The summed E-state index contributed by atoms with van der Waals surface area (Å²) in [7, 11) is 0. The summed E-state index contributed by atoms with van der Waals surface area (Å²) in [6.45, 7) is 6.46. The van der Waals surface area contributed by atoms with Crippen LogP contribution in [0.2, 0.25) is 0 Å². The number of nitrogen functional groups attached to an aromatic ring is 1. The smallest absolute Gasteiger partial charge is 0.313 e. The van der Waals surface area contributed by atoms with Gasteiger partial charge in [-0.15, -0.1) is 0 Å². The van der Waals surface area contributed by atoms with Crippen molar-refractivity contribution in [2.75, 3.05) is 17.6 Å². The van der Waals surface area contributed by atoms with Crippen LogP contribution < -0.4 is 11.1 Å². The Hall–Kier alpha value is -3.00. The van der Waals surface area contributed by atoms with Crippen molar-refractivity contribution in [3.8, 4) is 0 Å². The van der Waals surface area contributed by atoms with E-state index < -0.39 is 11.8 Å². The molecule has 1 saturated heterocycles. The molecule has 3 heterocycles. The van der Waals surface area contributed by atoms with Crippen LogP contribution in [0.3, 0.4) is 0 Å². The van der Waals surface area contributed by atoms with Crippen molar-refractivity contribution >= 4 is 44.9 Å². The molecule has 0 aliphatic carbocycles. The molecule has 2 aromatic heterocycles. The summed E-state index contributed by atoms with van der Waals surface area (Å²) in [6, 6.07) is 7.80. The van der Waals surface area contributed by atoms with Crippen LogP contribution in [0.25, 0.3) is 10.1 Å². The molecule has 3 aromatic rings. The number of piperidine rings is 1. The maximum absolute atomic E-state index is 13.1. The van der Waals surface area contributed by atoms with Gasteiger partial charge in [-0.2, -0.15) is 4.37 Å². The second-order valence-corrected chi connectivity index (χ2v) is 8.86. The average Bonchev–Trinajstić information content (AvgIpc) is 3.10. The van der Waals surface area contributed by atoms with Crippen molar-refractivity contribution in [1.82, 2.24) is 14.3 Å². The van der Waals surface area contributed by atoms with Crippen LogP contribution in [-0.2, 0) is 9.59 Å². The topological polar surface area (TPSA) is 101 Å². The quantitative estimate of drug-likeness (QED) is 0.610. The molecule has 4 rings (SSSR count). The first-order chi connectivity index (χ1) is 14.3. The third-order valence-electron chi connectivity index (χ3n) is 5.71. The van der Waals surface area contributed by atoms with Gasteiger partial charge in [0.05, 0.1) is 28.3 Å². The largest absolute Gasteiger partial charge is 0.383 e. The molecule has 3 N–H and O–H groups in total. The lowest BCUT2D eigenvalue weighted by Crippen LogP contribution is -2.46. The SMILES string of the molecule is Cc1cc(NC(=O)C(=O)N2CC(C)CCC2c2ccc3snc(C)c3c2)cnc1N. The maximum atomic E-state index is 13.1. The number of rotatable bonds is 2. The van der Waals surface area contributed by atoms with Gasteiger partial charge in [0.2, 0.25) is 0 Å². The van der Waals surface area contributed by atoms with Crippen LogP contribution in [0.4, 0.5) is 11.5 Å². The van der Waals surface area contributed by atoms with Gasteiger partial charge in [0.15, 0.2) is 0 Å². The summed E-state index contributed by atoms with van der Waals surface area (Å²) >= 11 is 1.48. The zero-order valence-electron chi connectivity index (χ0n) is 17.3. The molecular formula is C22H25N5O2S. The van der Waals surface area contributed by atoms with Gasteiger partial charge in [0, 0.05) is 11.9 Å². The molecule has 2 unspecified atom stereocenters. The maximum Gasteiger partial charge on any atom is 0.313 e. The van der Waals surface area contributed by atoms with Crippen molar-refractivity contribution in [3.63, 3.8) is 0 Å². The number of amides is 2. The molecule has 0 spiro atoms. The Labute approximate surface area is 179 Å². The summed E-state index contributed by atoms with van der Waals surface area (Å²) < 4.78 is 5.55. The number of likely N-dealkylation sites (tertiary alicyclic amines) is 1. The lowest BCUT2D eigenvalue weighted by atomic mass is 9.89. The number of hydrogen-bond acceptors (Lipinski definition) is 6. The minimum Gasteiger partial charge on any atom is -0.383 e. The number of nitrogens with one attached hydrogen (secondary N) is 1. The van der Waals surface area contributed by atoms with Crippen LogP contribution in [0.5, 0.6) is 0 Å². The fourth-order valence-corrected chi connectivity index (χ4v) is 4.74. The van der Waals surface area contributed by atoms with E-state index in [2.05, 4.69) is 33.7 Å². The third kappa shape index (κ3) is 3.87. The van der Waals surface area contributed by atoms with E-state index in [0.717, 1.165) is 39.7 Å². The molecule has 156 valence electrons. The predicted octanol–water partition coefficient (Wildman–Crippen LogP) is 3.83. The Morgan fingerprint density at radius 1 is 1.23 bits per heavy atom. The number of nitrogens with zero attached hydrogens (tertiary/aromatic N) is 3. The standard InChI is InChI=1S/C22H25N5O2S/c1-12-4-6-18(15-5-7-19-17(9-15)14(3)26-30-19)27(11-12)22(29)21(28)25-16-8-13(2)20(23)24-10-16/h5,7-10,12,18H,4,6,11H2,1-3H3,(H2,23,24)(H,25,28). The number of fused-ring (bicyclic) bond motifs is 1. The van der Waals surface area contributed by atoms with Crippen molar-refractivity contribution in [3.05, 3.63) is 47.3 Å². The van der Waals surface area contributed by atoms with E-state index >= 15 is 0 Å². The Morgan fingerprint density at radius 3 is 2.80 bits per heavy atom. The molecule has 1 aromatic carbocycles. The fraction of sp³-hybridized carbons (Fsp3) is 0.364. The molecule has 1 aliphatic heterocycles. The molecule has 0 bridgehead atoms. The Bertz CT molecular complexity index is 1130. The third-order valence-corrected chi connectivity index (χ3v) is 6.63. The average molecular weight is 424 g/mol. The van der Waals surface area contributed by atoms with Crippen molar-refractivity contribution in [1.29, 1.82) is 0 Å². The highest BCUT2D eigenvalue weighted by Gasteiger charge is 2.34. The van der Waals surface area contributed by atoms with Gasteiger partial charge < -0.3 is 16.0 Å². The number of anilines is 2. The summed E-state index contributed by atoms with van der Waals surface area (Å²) in [5.74, 6) is -0.444. The predicted molar refractivity (Wildman–Crippen MR) is 119 cm³/mol. The van der Waals surface area contributed by atoms with E-state index in [1.54, 1.807) is 17.9 Å². The molecule has 1 aliphatic rings. The molecule has 30 heavy (non-hydrogen) atoms. The van der Waals surface area contributed by atoms with E-state index in [1.165, 1.54) is 17.7 Å². The molecular weight excluding hydrogens is 398 g/mol. The summed E-state index contributed by atoms with van der Waals surface area (Å²) in [5, 5.41) is 3.78. The number of aromatic nitrogens is 2. The number of benzene rings is 1. The molecule has 0 saturated carbocycles. The van der Waals surface area contributed by atoms with Gasteiger partial charge in [-0.25, -0.2) is 4.98 Å². The van der Waals surface area contributed by atoms with E-state index in [-0.39, 0.29) is 6.04 Å². The van der Waals surface area contributed by atoms with Crippen molar-refractivity contribution in [2.45, 2.75) is 39.7 Å². The normalized spacial score (nSPS) is 19.1. The van der Waals surface area contributed by atoms with Crippen molar-refractivity contribution in [2.24, 2.45) is 5.92 Å². The highest BCUT2D eigenvalue weighted by Crippen LogP contribution is 2.36. The number of carbonyl (C=O) groups is 2. The number of nitrogens with two attached hydrogens (primary N) is 1. The monoisotopic (exact) mass is 423 g/mol. The van der Waals surface area contributed by atoms with E-state index in [0.29, 0.717) is 24.0 Å². The highest BCUT2D eigenvalue weighted by atomic mass is 32.1. The van der Waals surface area contributed by atoms with Crippen LogP contribution in [0, 0.1) is 19.8 Å². The zero-order chi connectivity index (χ0) is 21.4. The van der Waals surface area contributed by atoms with Crippen molar-refractivity contribution < 1.29 is 9.59 Å². The van der Waals surface area contributed by atoms with Gasteiger partial charge in [-0.3, -0.25) is 9.59 Å². The first kappa shape index (κ1) is 20.3. The molecule has 8 heteroatoms. The molecule has 7 nitrogen and oxygen atoms in total. The lowest BCUT2D eigenvalue weighted by molar-refractivity contribution is -0.146. The number of aryl methyl sites for hydroxylation is 2. The number of hydrogen-bond donors (Lipinski definition) is 2. The van der Waals surface area contributed by atoms with Gasteiger partial charge in [-0.05, 0) is 73.5 Å². The van der Waals surface area contributed by atoms with E-state index in [9.17, 15) is 9.59 Å². The lowest BCUT2D eigenvalue weighted by Gasteiger charge is -2.38. The van der Waals surface area contributed by atoms with Crippen LogP contribution in [-0.4, -0.2) is 32.6 Å². The zero-order valence-corrected chi connectivity index (χ0v) is 18.1. The van der Waals surface area contributed by atoms with Crippen LogP contribution >= 0.6 is 11.5 Å². The van der Waals surface area contributed by atoms with Gasteiger partial charge >= 0.3 is 11.8 Å². The van der Waals surface area contributed by atoms with E-state index in [1.807, 2.05) is 13.0 Å². The van der Waals surface area contributed by atoms with Gasteiger partial charge in [0.1, 0.15) is 5.82 Å². The summed E-state index contributed by atoms with van der Waals surface area (Å²) in [6.07, 6.45) is 3.30. The Kier molecular flexibility index (Phi) is 5.42. The molecule has 0 radical (unpaired) electrons. The van der Waals surface area contributed by atoms with Gasteiger partial charge in [-0.1, -0.05) is 13.0 Å². The summed E-state index contributed by atoms with van der Waals surface area (Å²) in [4.78, 5) is 31.6. The first-order valence-electron chi connectivity index (χ1n) is 10.0. The van der Waals surface area contributed by atoms with Crippen LogP contribution in [0.15, 0.2) is 30.5 Å². The van der Waals surface area contributed by atoms with E-state index in [4.69, 9.17) is 5.73 Å². The Morgan fingerprint density at radius 2 is 2.03 bits per heavy atom. The summed E-state index contributed by atoms with van der Waals surface area (Å²) in [5.41, 5.74) is 8.98. The molecule has 2 amide bonds. The second kappa shape index (κ2) is 8.02. The fourth-order valence-electron chi connectivity index (χ4n) is 3.98. The number of pyridine rings is 1. The first-order valence-corrected chi connectivity index (χ1v) is 10.8. The molecule has 1 fully saturated rings. The minimum atomic E-state index is -0.658. The molecule has 2 atom stereocenters. The minimum absolute atomic E-state index is 0.130. The van der Waals surface area contributed by atoms with Gasteiger partial charge in [0.25, 0.3) is 0 Å². The highest BCUT2D eigenvalue weighted by molar-refractivity contribution is 7.13. The second-order valence-electron chi connectivity index (χ2n) is 8.06.